The maximum atomic E-state index is 12.2. The van der Waals surface area contributed by atoms with Crippen molar-refractivity contribution in [3.05, 3.63) is 35.9 Å². The fourth-order valence-corrected chi connectivity index (χ4v) is 3.29. The number of carbonyl (C=O) groups excluding carboxylic acids is 2. The van der Waals surface area contributed by atoms with Crippen LogP contribution in [-0.2, 0) is 16.1 Å². The van der Waals surface area contributed by atoms with Gasteiger partial charge in [0.2, 0.25) is 5.91 Å². The molecule has 1 aromatic carbocycles. The van der Waals surface area contributed by atoms with Gasteiger partial charge in [0.1, 0.15) is 6.61 Å². The van der Waals surface area contributed by atoms with Gasteiger partial charge in [-0.05, 0) is 30.7 Å². The number of nitrogens with zero attached hydrogens (tertiary/aromatic N) is 1. The van der Waals surface area contributed by atoms with Gasteiger partial charge in [0, 0.05) is 25.6 Å². The van der Waals surface area contributed by atoms with Crippen LogP contribution in [0, 0.1) is 5.92 Å². The average molecular weight is 302 g/mol. The van der Waals surface area contributed by atoms with Crippen molar-refractivity contribution >= 4 is 12.0 Å². The number of hydrogen-bond acceptors (Lipinski definition) is 3. The van der Waals surface area contributed by atoms with Gasteiger partial charge in [-0.1, -0.05) is 30.3 Å². The van der Waals surface area contributed by atoms with Crippen LogP contribution in [-0.4, -0.2) is 36.0 Å². The third-order valence-electron chi connectivity index (χ3n) is 4.60. The molecule has 1 N–H and O–H groups in total. The molecule has 2 heterocycles. The van der Waals surface area contributed by atoms with Crippen LogP contribution in [0.5, 0.6) is 0 Å². The quantitative estimate of drug-likeness (QED) is 0.912. The van der Waals surface area contributed by atoms with Crippen molar-refractivity contribution in [2.75, 3.05) is 13.1 Å². The summed E-state index contributed by atoms with van der Waals surface area (Å²) in [5, 5.41) is 3.06. The summed E-state index contributed by atoms with van der Waals surface area (Å²) in [6.07, 6.45) is 3.04. The second-order valence-corrected chi connectivity index (χ2v) is 6.08. The van der Waals surface area contributed by atoms with Crippen molar-refractivity contribution in [1.82, 2.24) is 10.2 Å². The summed E-state index contributed by atoms with van der Waals surface area (Å²) in [5.41, 5.74) is 0.992. The normalized spacial score (nSPS) is 24.9. The standard InChI is InChI=1S/C17H22N2O3/c20-16-7-6-14-8-10-19(11-9-15(14)18-16)17(21)22-12-13-4-2-1-3-5-13/h1-5,14-15H,6-12H2,(H,18,20). The zero-order valence-corrected chi connectivity index (χ0v) is 12.7. The lowest BCUT2D eigenvalue weighted by atomic mass is 9.87. The topological polar surface area (TPSA) is 58.6 Å². The first-order chi connectivity index (χ1) is 10.7. The van der Waals surface area contributed by atoms with Crippen molar-refractivity contribution in [2.24, 2.45) is 5.92 Å². The molecular weight excluding hydrogens is 280 g/mol. The van der Waals surface area contributed by atoms with Gasteiger partial charge in [-0.2, -0.15) is 0 Å². The number of fused-ring (bicyclic) bond motifs is 1. The number of carbonyl (C=O) groups is 2. The highest BCUT2D eigenvalue weighted by atomic mass is 16.6. The second-order valence-electron chi connectivity index (χ2n) is 6.08. The summed E-state index contributed by atoms with van der Waals surface area (Å²) in [5.74, 6) is 0.631. The lowest BCUT2D eigenvalue weighted by Crippen LogP contribution is -2.44. The van der Waals surface area contributed by atoms with E-state index in [0.717, 1.165) is 24.8 Å². The molecule has 0 bridgehead atoms. The molecule has 0 radical (unpaired) electrons. The van der Waals surface area contributed by atoms with E-state index in [0.29, 0.717) is 32.0 Å². The van der Waals surface area contributed by atoms with Crippen LogP contribution in [0.2, 0.25) is 0 Å². The smallest absolute Gasteiger partial charge is 0.410 e. The van der Waals surface area contributed by atoms with Crippen LogP contribution < -0.4 is 5.32 Å². The highest BCUT2D eigenvalue weighted by Crippen LogP contribution is 2.26. The molecule has 2 aliphatic rings. The predicted octanol–water partition coefficient (Wildman–Crippen LogP) is 2.31. The fraction of sp³-hybridized carbons (Fsp3) is 0.529. The lowest BCUT2D eigenvalue weighted by Gasteiger charge is -2.30. The van der Waals surface area contributed by atoms with E-state index < -0.39 is 0 Å². The van der Waals surface area contributed by atoms with Crippen LogP contribution in [0.25, 0.3) is 0 Å². The number of amides is 2. The Morgan fingerprint density at radius 2 is 1.95 bits per heavy atom. The Hall–Kier alpha value is -2.04. The molecule has 0 saturated carbocycles. The Morgan fingerprint density at radius 1 is 1.18 bits per heavy atom. The zero-order chi connectivity index (χ0) is 15.4. The molecule has 0 aromatic heterocycles. The van der Waals surface area contributed by atoms with Crippen LogP contribution >= 0.6 is 0 Å². The number of nitrogens with one attached hydrogen (secondary N) is 1. The number of ether oxygens (including phenoxy) is 1. The molecule has 2 unspecified atom stereocenters. The molecule has 3 rings (SSSR count). The van der Waals surface area contributed by atoms with Crippen LogP contribution in [0.15, 0.2) is 30.3 Å². The van der Waals surface area contributed by atoms with Crippen molar-refractivity contribution < 1.29 is 14.3 Å². The number of benzene rings is 1. The molecular formula is C17H22N2O3. The van der Waals surface area contributed by atoms with E-state index in [1.807, 2.05) is 30.3 Å². The van der Waals surface area contributed by atoms with E-state index in [9.17, 15) is 9.59 Å². The SMILES string of the molecule is O=C1CCC2CCN(C(=O)OCc3ccccc3)CCC2N1. The summed E-state index contributed by atoms with van der Waals surface area (Å²) < 4.78 is 5.40. The minimum Gasteiger partial charge on any atom is -0.445 e. The Morgan fingerprint density at radius 3 is 2.77 bits per heavy atom. The van der Waals surface area contributed by atoms with Crippen molar-refractivity contribution in [2.45, 2.75) is 38.3 Å². The summed E-state index contributed by atoms with van der Waals surface area (Å²) in [6.45, 7) is 1.67. The molecule has 2 fully saturated rings. The van der Waals surface area contributed by atoms with E-state index in [1.165, 1.54) is 0 Å². The molecule has 5 nitrogen and oxygen atoms in total. The zero-order valence-electron chi connectivity index (χ0n) is 12.7. The molecule has 2 saturated heterocycles. The first kappa shape index (κ1) is 14.9. The van der Waals surface area contributed by atoms with E-state index in [2.05, 4.69) is 5.32 Å². The Kier molecular flexibility index (Phi) is 4.61. The molecule has 0 aliphatic carbocycles. The van der Waals surface area contributed by atoms with E-state index >= 15 is 0 Å². The second kappa shape index (κ2) is 6.81. The number of piperidine rings is 1. The van der Waals surface area contributed by atoms with E-state index in [1.54, 1.807) is 4.90 Å². The van der Waals surface area contributed by atoms with Crippen LogP contribution in [0.1, 0.15) is 31.2 Å². The first-order valence-electron chi connectivity index (χ1n) is 7.97. The van der Waals surface area contributed by atoms with Gasteiger partial charge < -0.3 is 15.0 Å². The highest BCUT2D eigenvalue weighted by Gasteiger charge is 2.32. The minimum absolute atomic E-state index is 0.140. The van der Waals surface area contributed by atoms with Crippen molar-refractivity contribution in [3.8, 4) is 0 Å². The predicted molar refractivity (Wildman–Crippen MR) is 82.1 cm³/mol. The fourth-order valence-electron chi connectivity index (χ4n) is 3.29. The third kappa shape index (κ3) is 3.59. The molecule has 2 atom stereocenters. The van der Waals surface area contributed by atoms with Crippen LogP contribution in [0.3, 0.4) is 0 Å². The number of likely N-dealkylation sites (tertiary alicyclic amines) is 1. The van der Waals surface area contributed by atoms with Gasteiger partial charge in [-0.3, -0.25) is 4.79 Å². The minimum atomic E-state index is -0.256. The van der Waals surface area contributed by atoms with Gasteiger partial charge >= 0.3 is 6.09 Å². The number of hydrogen-bond donors (Lipinski definition) is 1. The van der Waals surface area contributed by atoms with Crippen molar-refractivity contribution in [3.63, 3.8) is 0 Å². The Balaban J connectivity index is 1.52. The molecule has 2 amide bonds. The maximum Gasteiger partial charge on any atom is 0.410 e. The molecule has 5 heteroatoms. The third-order valence-corrected chi connectivity index (χ3v) is 4.60. The summed E-state index contributed by atoms with van der Waals surface area (Å²) in [6, 6.07) is 9.91. The summed E-state index contributed by atoms with van der Waals surface area (Å²) in [4.78, 5) is 25.5. The highest BCUT2D eigenvalue weighted by molar-refractivity contribution is 5.77. The number of rotatable bonds is 2. The van der Waals surface area contributed by atoms with E-state index in [-0.39, 0.29) is 18.0 Å². The van der Waals surface area contributed by atoms with Gasteiger partial charge in [0.05, 0.1) is 0 Å². The van der Waals surface area contributed by atoms with Gasteiger partial charge in [-0.25, -0.2) is 4.79 Å². The summed E-state index contributed by atoms with van der Waals surface area (Å²) in [7, 11) is 0. The van der Waals surface area contributed by atoms with Crippen molar-refractivity contribution in [1.29, 1.82) is 0 Å². The Labute approximate surface area is 130 Å². The molecule has 2 aliphatic heterocycles. The van der Waals surface area contributed by atoms with E-state index in [4.69, 9.17) is 4.74 Å². The Bertz CT molecular complexity index is 532. The molecule has 118 valence electrons. The summed E-state index contributed by atoms with van der Waals surface area (Å²) >= 11 is 0. The average Bonchev–Trinajstić information content (AvgIpc) is 2.76. The molecule has 0 spiro atoms. The first-order valence-corrected chi connectivity index (χ1v) is 7.97. The largest absolute Gasteiger partial charge is 0.445 e. The van der Waals surface area contributed by atoms with Gasteiger partial charge in [0.25, 0.3) is 0 Å². The molecule has 1 aromatic rings. The maximum absolute atomic E-state index is 12.2. The monoisotopic (exact) mass is 302 g/mol. The molecule has 22 heavy (non-hydrogen) atoms. The lowest BCUT2D eigenvalue weighted by molar-refractivity contribution is -0.124. The van der Waals surface area contributed by atoms with Gasteiger partial charge in [-0.15, -0.1) is 0 Å². The van der Waals surface area contributed by atoms with Crippen LogP contribution in [0.4, 0.5) is 4.79 Å². The van der Waals surface area contributed by atoms with Gasteiger partial charge in [0.15, 0.2) is 0 Å².